The van der Waals surface area contributed by atoms with E-state index < -0.39 is 0 Å². The highest BCUT2D eigenvalue weighted by Gasteiger charge is 2.50. The highest BCUT2D eigenvalue weighted by atomic mass is 35.5. The van der Waals surface area contributed by atoms with Gasteiger partial charge in [0.15, 0.2) is 11.0 Å². The molecule has 2 heterocycles. The van der Waals surface area contributed by atoms with E-state index in [1.165, 1.54) is 6.42 Å². The van der Waals surface area contributed by atoms with Crippen LogP contribution in [0.5, 0.6) is 0 Å². The van der Waals surface area contributed by atoms with Crippen LogP contribution in [-0.2, 0) is 4.79 Å². The van der Waals surface area contributed by atoms with Gasteiger partial charge in [-0.25, -0.2) is 0 Å². The van der Waals surface area contributed by atoms with E-state index in [0.29, 0.717) is 28.8 Å². The van der Waals surface area contributed by atoms with Crippen molar-refractivity contribution in [3.63, 3.8) is 0 Å². The van der Waals surface area contributed by atoms with E-state index in [4.69, 9.17) is 11.6 Å². The minimum Gasteiger partial charge on any atom is -0.339 e. The minimum atomic E-state index is 0.279. The molecule has 2 bridgehead atoms. The molecule has 0 radical (unpaired) electrons. The van der Waals surface area contributed by atoms with E-state index in [2.05, 4.69) is 52.6 Å². The van der Waals surface area contributed by atoms with Crippen LogP contribution in [0.3, 0.4) is 0 Å². The van der Waals surface area contributed by atoms with Crippen molar-refractivity contribution >= 4 is 29.3 Å². The van der Waals surface area contributed by atoms with E-state index in [0.717, 1.165) is 53.8 Å². The summed E-state index contributed by atoms with van der Waals surface area (Å²) in [6, 6.07) is 18.2. The lowest BCUT2D eigenvalue weighted by atomic mass is 9.65. The first-order chi connectivity index (χ1) is 16.7. The van der Waals surface area contributed by atoms with E-state index in [1.54, 1.807) is 11.8 Å². The van der Waals surface area contributed by atoms with Gasteiger partial charge >= 0.3 is 0 Å². The van der Waals surface area contributed by atoms with E-state index >= 15 is 0 Å². The normalized spacial score (nSPS) is 23.0. The van der Waals surface area contributed by atoms with Crippen molar-refractivity contribution in [2.45, 2.75) is 64.1 Å². The van der Waals surface area contributed by atoms with E-state index in [-0.39, 0.29) is 5.41 Å². The molecule has 0 N–H and O–H groups in total. The maximum atomic E-state index is 13.1. The molecule has 184 valence electrons. The van der Waals surface area contributed by atoms with Crippen molar-refractivity contribution in [3.05, 3.63) is 59.6 Å². The molecule has 5 rings (SSSR count). The van der Waals surface area contributed by atoms with Crippen LogP contribution in [0.15, 0.2) is 59.8 Å². The lowest BCUT2D eigenvalue weighted by molar-refractivity contribution is -0.132. The first-order valence-corrected chi connectivity index (χ1v) is 13.8. The number of likely N-dealkylation sites (tertiary alicyclic amines) is 1. The van der Waals surface area contributed by atoms with Gasteiger partial charge in [0, 0.05) is 41.0 Å². The maximum absolute atomic E-state index is 13.1. The summed E-state index contributed by atoms with van der Waals surface area (Å²) < 4.78 is 2.09. The summed E-state index contributed by atoms with van der Waals surface area (Å²) in [5, 5.41) is 10.5. The Morgan fingerprint density at radius 2 is 1.80 bits per heavy atom. The molecule has 2 unspecified atom stereocenters. The van der Waals surface area contributed by atoms with Crippen molar-refractivity contribution in [1.82, 2.24) is 19.7 Å². The van der Waals surface area contributed by atoms with Crippen LogP contribution in [-0.4, -0.2) is 43.9 Å². The average molecular weight is 509 g/mol. The summed E-state index contributed by atoms with van der Waals surface area (Å²) in [6.07, 6.45) is 4.90. The summed E-state index contributed by atoms with van der Waals surface area (Å²) in [5.74, 6) is 1.91. The number of thioether (sulfide) groups is 1. The maximum Gasteiger partial charge on any atom is 0.222 e. The molecule has 2 aliphatic rings. The molecule has 5 nitrogen and oxygen atoms in total. The summed E-state index contributed by atoms with van der Waals surface area (Å²) in [6.45, 7) is 7.98. The topological polar surface area (TPSA) is 51.0 Å². The zero-order valence-electron chi connectivity index (χ0n) is 20.7. The van der Waals surface area contributed by atoms with Gasteiger partial charge in [-0.2, -0.15) is 0 Å². The molecule has 2 atom stereocenters. The third-order valence-electron chi connectivity index (χ3n) is 7.25. The fourth-order valence-corrected chi connectivity index (χ4v) is 7.26. The summed E-state index contributed by atoms with van der Waals surface area (Å²) in [5.41, 5.74) is 2.58. The van der Waals surface area contributed by atoms with Crippen LogP contribution in [0.1, 0.15) is 52.9 Å². The molecule has 1 amide bonds. The zero-order chi connectivity index (χ0) is 24.6. The first-order valence-electron chi connectivity index (χ1n) is 12.4. The molecular formula is C28H33ClN4OS. The average Bonchev–Trinajstić information content (AvgIpc) is 3.34. The fraction of sp³-hybridized carbons (Fsp3) is 0.464. The van der Waals surface area contributed by atoms with Gasteiger partial charge in [0.05, 0.1) is 0 Å². The number of hydrogen-bond donors (Lipinski definition) is 0. The van der Waals surface area contributed by atoms with Gasteiger partial charge < -0.3 is 4.90 Å². The van der Waals surface area contributed by atoms with Crippen LogP contribution < -0.4 is 0 Å². The molecular weight excluding hydrogens is 476 g/mol. The number of benzene rings is 2. The number of aromatic nitrogens is 3. The van der Waals surface area contributed by atoms with E-state index in [1.807, 2.05) is 42.5 Å². The highest BCUT2D eigenvalue weighted by molar-refractivity contribution is 7.99. The molecule has 2 aromatic carbocycles. The van der Waals surface area contributed by atoms with Crippen LogP contribution in [0.2, 0.25) is 5.02 Å². The lowest BCUT2D eigenvalue weighted by Crippen LogP contribution is -2.37. The number of halogens is 1. The van der Waals surface area contributed by atoms with Gasteiger partial charge in [-0.05, 0) is 72.9 Å². The van der Waals surface area contributed by atoms with E-state index in [9.17, 15) is 4.79 Å². The Kier molecular flexibility index (Phi) is 6.71. The Balaban J connectivity index is 1.25. The fourth-order valence-electron chi connectivity index (χ4n) is 6.24. The number of nitrogens with zero attached hydrogens (tertiary/aromatic N) is 4. The van der Waals surface area contributed by atoms with Gasteiger partial charge in [0.1, 0.15) is 0 Å². The SMILES string of the molecule is CC1(C)CC2CC(C)(CN2C(=O)CCCSc2nnc(-c3ccc(Cl)cc3)n2-c2ccccc2)C1. The lowest BCUT2D eigenvalue weighted by Gasteiger charge is -2.39. The van der Waals surface area contributed by atoms with Crippen molar-refractivity contribution in [2.24, 2.45) is 10.8 Å². The third kappa shape index (κ3) is 5.29. The quantitative estimate of drug-likeness (QED) is 0.257. The number of carbonyl (C=O) groups excluding carboxylic acids is 1. The van der Waals surface area contributed by atoms with Crippen molar-refractivity contribution in [1.29, 1.82) is 0 Å². The van der Waals surface area contributed by atoms with Gasteiger partial charge in [-0.1, -0.05) is 62.3 Å². The monoisotopic (exact) mass is 508 g/mol. The highest BCUT2D eigenvalue weighted by Crippen LogP contribution is 2.52. The summed E-state index contributed by atoms with van der Waals surface area (Å²) in [4.78, 5) is 15.3. The molecule has 1 aromatic heterocycles. The van der Waals surface area contributed by atoms with Crippen LogP contribution in [0, 0.1) is 10.8 Å². The van der Waals surface area contributed by atoms with Crippen molar-refractivity contribution < 1.29 is 4.79 Å². The largest absolute Gasteiger partial charge is 0.339 e. The Morgan fingerprint density at radius 3 is 2.54 bits per heavy atom. The number of hydrogen-bond acceptors (Lipinski definition) is 4. The standard InChI is InChI=1S/C28H33ClN4OS/c1-27(2)16-23-17-28(3,18-27)19-32(23)24(34)10-7-15-35-26-31-30-25(20-11-13-21(29)14-12-20)33(26)22-8-5-4-6-9-22/h4-6,8-9,11-14,23H,7,10,15-19H2,1-3H3. The summed E-state index contributed by atoms with van der Waals surface area (Å²) in [7, 11) is 0. The molecule has 1 aliphatic heterocycles. The first kappa shape index (κ1) is 24.4. The van der Waals surface area contributed by atoms with Crippen LogP contribution in [0.4, 0.5) is 0 Å². The molecule has 0 spiro atoms. The Bertz CT molecular complexity index is 1190. The molecule has 2 fully saturated rings. The second-order valence-corrected chi connectivity index (χ2v) is 12.7. The van der Waals surface area contributed by atoms with Crippen molar-refractivity contribution in [3.8, 4) is 17.1 Å². The van der Waals surface area contributed by atoms with Gasteiger partial charge in [0.25, 0.3) is 0 Å². The zero-order valence-corrected chi connectivity index (χ0v) is 22.3. The molecule has 1 aliphatic carbocycles. The van der Waals surface area contributed by atoms with Crippen molar-refractivity contribution in [2.75, 3.05) is 12.3 Å². The number of rotatable bonds is 7. The van der Waals surface area contributed by atoms with Crippen LogP contribution >= 0.6 is 23.4 Å². The second kappa shape index (κ2) is 9.62. The molecule has 1 saturated carbocycles. The predicted molar refractivity (Wildman–Crippen MR) is 143 cm³/mol. The Hall–Kier alpha value is -2.31. The Labute approximate surface area is 217 Å². The van der Waals surface area contributed by atoms with Gasteiger partial charge in [0.2, 0.25) is 5.91 Å². The predicted octanol–water partition coefficient (Wildman–Crippen LogP) is 6.89. The smallest absolute Gasteiger partial charge is 0.222 e. The number of para-hydroxylation sites is 1. The number of amides is 1. The van der Waals surface area contributed by atoms with Gasteiger partial charge in [-0.15, -0.1) is 10.2 Å². The number of fused-ring (bicyclic) bond motifs is 2. The number of carbonyl (C=O) groups is 1. The van der Waals surface area contributed by atoms with Crippen LogP contribution in [0.25, 0.3) is 17.1 Å². The molecule has 7 heteroatoms. The van der Waals surface area contributed by atoms with Gasteiger partial charge in [-0.3, -0.25) is 9.36 Å². The minimum absolute atomic E-state index is 0.279. The molecule has 35 heavy (non-hydrogen) atoms. The second-order valence-electron chi connectivity index (χ2n) is 11.2. The Morgan fingerprint density at radius 1 is 1.06 bits per heavy atom. The summed E-state index contributed by atoms with van der Waals surface area (Å²) >= 11 is 7.75. The molecule has 3 aromatic rings. The molecule has 1 saturated heterocycles. The third-order valence-corrected chi connectivity index (χ3v) is 8.52.